The van der Waals surface area contributed by atoms with Crippen LogP contribution in [0.15, 0.2) is 35.3 Å². The molecule has 27 heteroatoms. The van der Waals surface area contributed by atoms with E-state index in [1.165, 1.54) is 13.8 Å². The molecular weight excluding hydrogens is 949 g/mol. The first kappa shape index (κ1) is 56.2. The molecule has 1 aromatic carbocycles. The van der Waals surface area contributed by atoms with Gasteiger partial charge in [-0.3, -0.25) is 57.7 Å². The van der Waals surface area contributed by atoms with E-state index in [0.717, 1.165) is 33.3 Å². The lowest BCUT2D eigenvalue weighted by Gasteiger charge is -2.27. The summed E-state index contributed by atoms with van der Waals surface area (Å²) in [5.41, 5.74) is 11.5. The highest BCUT2D eigenvalue weighted by Gasteiger charge is 2.35. The smallest absolute Gasteiger partial charge is 0.305 e. The molecule has 68 heavy (non-hydrogen) atoms. The number of Topliss-reactive ketones (excluding diaryl/α,β-unsaturated/α-hetero) is 1. The summed E-state index contributed by atoms with van der Waals surface area (Å²) < 4.78 is 0. The summed E-state index contributed by atoms with van der Waals surface area (Å²) in [6, 6.07) is -1.17. The Morgan fingerprint density at radius 3 is 1.85 bits per heavy atom. The molecule has 2 aliphatic rings. The molecule has 9 amide bonds. The average Bonchev–Trinajstić information content (AvgIpc) is 3.27. The third-order valence-corrected chi connectivity index (χ3v) is 13.5. The largest absolute Gasteiger partial charge is 0.481 e. The maximum Gasteiger partial charge on any atom is 0.305 e. The molecule has 2 aliphatic heterocycles. The summed E-state index contributed by atoms with van der Waals surface area (Å²) in [5.74, 6) is -10.3. The zero-order chi connectivity index (χ0) is 50.2. The van der Waals surface area contributed by atoms with Gasteiger partial charge in [-0.15, -0.1) is 11.8 Å². The molecule has 3 rings (SSSR count). The van der Waals surface area contributed by atoms with Gasteiger partial charge in [-0.05, 0) is 44.6 Å². The summed E-state index contributed by atoms with van der Waals surface area (Å²) in [6.07, 6.45) is -0.117. The van der Waals surface area contributed by atoms with E-state index in [0.29, 0.717) is 18.4 Å². The summed E-state index contributed by atoms with van der Waals surface area (Å²) >= 11 is 0.978. The number of carboxylic acid groups (broad SMARTS) is 1. The van der Waals surface area contributed by atoms with Crippen molar-refractivity contribution in [3.8, 4) is 0 Å². The number of guanidine groups is 1. The van der Waals surface area contributed by atoms with E-state index < -0.39 is 114 Å². The molecular formula is C41H60N12O12S3. The fraction of sp³-hybridized carbons (Fsp3) is 0.561. The van der Waals surface area contributed by atoms with Crippen LogP contribution in [0, 0.1) is 0 Å². The molecule has 374 valence electrons. The Balaban J connectivity index is 2.13. The molecule has 14 N–H and O–H groups in total. The van der Waals surface area contributed by atoms with Gasteiger partial charge < -0.3 is 64.4 Å². The topological polar surface area (TPSA) is 381 Å². The molecule has 0 radical (unpaired) electrons. The number of hydrogen-bond acceptors (Lipinski definition) is 15. The molecule has 0 aromatic heterocycles. The van der Waals surface area contributed by atoms with Crippen molar-refractivity contribution in [3.63, 3.8) is 0 Å². The number of aliphatic carboxylic acids is 1. The van der Waals surface area contributed by atoms with E-state index in [1.54, 1.807) is 30.3 Å². The minimum absolute atomic E-state index is 0.0462. The molecule has 0 spiro atoms. The van der Waals surface area contributed by atoms with E-state index in [1.807, 2.05) is 0 Å². The zero-order valence-electron chi connectivity index (χ0n) is 37.6. The van der Waals surface area contributed by atoms with Crippen LogP contribution in [0.25, 0.3) is 0 Å². The highest BCUT2D eigenvalue weighted by molar-refractivity contribution is 8.76. The Morgan fingerprint density at radius 2 is 1.25 bits per heavy atom. The lowest BCUT2D eigenvalue weighted by atomic mass is 10.0. The summed E-state index contributed by atoms with van der Waals surface area (Å²) in [6.45, 7) is 2.12. The first-order valence-electron chi connectivity index (χ1n) is 21.6. The predicted molar refractivity (Wildman–Crippen MR) is 254 cm³/mol. The molecule has 7 atom stereocenters. The summed E-state index contributed by atoms with van der Waals surface area (Å²) in [4.78, 5) is 150. The van der Waals surface area contributed by atoms with Gasteiger partial charge in [0.05, 0.1) is 24.8 Å². The molecule has 0 saturated carbocycles. The van der Waals surface area contributed by atoms with Crippen molar-refractivity contribution in [3.05, 3.63) is 35.9 Å². The third-order valence-electron chi connectivity index (χ3n) is 10.0. The van der Waals surface area contributed by atoms with E-state index in [-0.39, 0.29) is 73.7 Å². The minimum Gasteiger partial charge on any atom is -0.481 e. The first-order valence-corrected chi connectivity index (χ1v) is 25.2. The van der Waals surface area contributed by atoms with E-state index in [2.05, 4.69) is 52.8 Å². The number of carboxylic acids is 1. The third kappa shape index (κ3) is 21.3. The van der Waals surface area contributed by atoms with Crippen LogP contribution in [0.3, 0.4) is 0 Å². The van der Waals surface area contributed by atoms with Crippen LogP contribution in [-0.2, 0) is 59.2 Å². The number of benzene rings is 1. The maximum absolute atomic E-state index is 14.2. The number of carbonyl (C=O) groups excluding carboxylic acids is 10. The van der Waals surface area contributed by atoms with Gasteiger partial charge in [0.1, 0.15) is 36.3 Å². The molecule has 24 nitrogen and oxygen atoms in total. The van der Waals surface area contributed by atoms with Crippen molar-refractivity contribution in [1.29, 1.82) is 0 Å². The lowest BCUT2D eigenvalue weighted by molar-refractivity contribution is -0.141. The fourth-order valence-corrected chi connectivity index (χ4v) is 9.75. The Hall–Kier alpha value is -6.09. The van der Waals surface area contributed by atoms with Gasteiger partial charge in [-0.2, -0.15) is 0 Å². The van der Waals surface area contributed by atoms with Crippen LogP contribution in [0.2, 0.25) is 0 Å². The van der Waals surface area contributed by atoms with E-state index >= 15 is 0 Å². The number of amides is 9. The van der Waals surface area contributed by atoms with Crippen molar-refractivity contribution in [2.45, 2.75) is 101 Å². The second-order valence-electron chi connectivity index (χ2n) is 15.7. The first-order chi connectivity index (χ1) is 32.3. The summed E-state index contributed by atoms with van der Waals surface area (Å²) in [7, 11) is 1.91. The molecule has 2 bridgehead atoms. The number of unbranched alkanes of at least 4 members (excludes halogenated alkanes) is 1. The number of nitrogens with two attached hydrogens (primary N) is 2. The number of aliphatic imine (C=N–C) groups is 1. The van der Waals surface area contributed by atoms with Crippen LogP contribution < -0.4 is 59.3 Å². The molecule has 2 saturated heterocycles. The van der Waals surface area contributed by atoms with Gasteiger partial charge in [-0.25, -0.2) is 0 Å². The minimum atomic E-state index is -1.76. The number of fused-ring (bicyclic) bond motifs is 5. The fourth-order valence-electron chi connectivity index (χ4n) is 6.48. The molecule has 2 fully saturated rings. The number of nitrogens with one attached hydrogen (secondary N) is 9. The SMILES string of the molecule is CC(=O)NCCCC[C@@H]1NC(=O)CSC[C@@H](C(C)=O)NC(=O)[C@H](Cc2ccccc2)NC(=O)[C@@H]2CSSC[C@H](NC1=O)C(=O)N[C@@H](CCCN=C(N)N)C(=O)NCC(=O)N[C@@H](CC(=O)O)C(=O)N2. The quantitative estimate of drug-likeness (QED) is 0.0369. The van der Waals surface area contributed by atoms with Gasteiger partial charge in [0.15, 0.2) is 11.7 Å². The molecule has 0 aliphatic carbocycles. The normalized spacial score (nSPS) is 24.3. The highest BCUT2D eigenvalue weighted by Crippen LogP contribution is 2.24. The zero-order valence-corrected chi connectivity index (χ0v) is 40.0. The van der Waals surface area contributed by atoms with Crippen molar-refractivity contribution in [2.75, 3.05) is 42.6 Å². The van der Waals surface area contributed by atoms with Gasteiger partial charge in [0.2, 0.25) is 53.2 Å². The predicted octanol–water partition coefficient (Wildman–Crippen LogP) is -3.70. The van der Waals surface area contributed by atoms with Crippen molar-refractivity contribution in [1.82, 2.24) is 47.9 Å². The van der Waals surface area contributed by atoms with Crippen molar-refractivity contribution < 1.29 is 57.8 Å². The number of ketones is 1. The monoisotopic (exact) mass is 1010 g/mol. The molecule has 0 unspecified atom stereocenters. The highest BCUT2D eigenvalue weighted by atomic mass is 33.1. The van der Waals surface area contributed by atoms with Crippen LogP contribution in [-0.4, -0.2) is 161 Å². The second kappa shape index (κ2) is 29.6. The van der Waals surface area contributed by atoms with Gasteiger partial charge >= 0.3 is 5.97 Å². The van der Waals surface area contributed by atoms with Crippen LogP contribution in [0.1, 0.15) is 57.9 Å². The van der Waals surface area contributed by atoms with Gasteiger partial charge in [0, 0.05) is 43.7 Å². The average molecular weight is 1010 g/mol. The van der Waals surface area contributed by atoms with E-state index in [9.17, 15) is 57.8 Å². The summed E-state index contributed by atoms with van der Waals surface area (Å²) in [5, 5.41) is 32.6. The number of carbonyl (C=O) groups is 11. The second-order valence-corrected chi connectivity index (χ2v) is 19.3. The number of hydrogen-bond donors (Lipinski definition) is 12. The van der Waals surface area contributed by atoms with Crippen molar-refractivity contribution >= 4 is 104 Å². The van der Waals surface area contributed by atoms with E-state index in [4.69, 9.17) is 11.5 Å². The number of nitrogens with zero attached hydrogens (tertiary/aromatic N) is 1. The Bertz CT molecular complexity index is 2010. The lowest BCUT2D eigenvalue weighted by Crippen LogP contribution is -2.59. The Labute approximate surface area is 404 Å². The van der Waals surface area contributed by atoms with Crippen molar-refractivity contribution in [2.24, 2.45) is 16.5 Å². The number of rotatable bonds is 14. The standard InChI is InChI=1S/C41H60N12O12S3/c1-22(54)29-18-66-21-33(57)47-26(11-6-7-13-44-23(2)55)36(61)52-30-19-67-68-20-31(40(65)50-27(37(62)51-29)15-24-9-4-3-5-10-24)53-38(63)28(16-34(58)59)48-32(56)17-46-35(60)25(49-39(30)64)12-8-14-45-41(42)43/h3-5,9-10,25-31H,6-8,11-21H2,1-2H3,(H,44,55)(H,46,60)(H,47,57)(H,48,56)(H,49,64)(H,50,65)(H,51,62)(H,52,61)(H,53,63)(H,58,59)(H4,42,43,45)/t25-,26-,27-,28-,29-,30-,31-/m0/s1. The molecule has 2 heterocycles. The van der Waals surface area contributed by atoms with Crippen LogP contribution >= 0.6 is 33.3 Å². The Kier molecular flexibility index (Phi) is 24.5. The Morgan fingerprint density at radius 1 is 0.676 bits per heavy atom. The van der Waals surface area contributed by atoms with Crippen LogP contribution in [0.4, 0.5) is 0 Å². The molecule has 1 aromatic rings. The van der Waals surface area contributed by atoms with Crippen LogP contribution in [0.5, 0.6) is 0 Å². The van der Waals surface area contributed by atoms with Gasteiger partial charge in [-0.1, -0.05) is 51.9 Å². The van der Waals surface area contributed by atoms with Gasteiger partial charge in [0.25, 0.3) is 0 Å². The maximum atomic E-state index is 14.2. The number of thioether (sulfide) groups is 1.